The number of carbonyl (C=O) groups is 1. The average molecular weight is 452 g/mol. The summed E-state index contributed by atoms with van der Waals surface area (Å²) in [5, 5.41) is 0. The average Bonchev–Trinajstić information content (AvgIpc) is 3.00. The zero-order chi connectivity index (χ0) is 19.8. The van der Waals surface area contributed by atoms with Crippen molar-refractivity contribution in [3.8, 4) is 0 Å². The molecule has 2 aliphatic rings. The Morgan fingerprint density at radius 2 is 1.89 bits per heavy atom. The van der Waals surface area contributed by atoms with E-state index in [0.717, 1.165) is 0 Å². The fraction of sp³-hybridized carbons (Fsp3) is 0.944. The zero-order valence-electron chi connectivity index (χ0n) is 17.1. The number of alkyl halides is 3. The first-order valence-electron chi connectivity index (χ1n) is 9.43. The zero-order valence-corrected chi connectivity index (χ0v) is 18.7. The van der Waals surface area contributed by atoms with Crippen LogP contribution in [0.1, 0.15) is 40.5 Å². The number of hydrogen-bond acceptors (Lipinski definition) is 4. The molecule has 1 saturated heterocycles. The Morgan fingerprint density at radius 3 is 2.36 bits per heavy atom. The summed E-state index contributed by atoms with van der Waals surface area (Å²) in [4.78, 5) is 16.1. The van der Waals surface area contributed by atoms with E-state index < -0.39 is 23.7 Å². The van der Waals surface area contributed by atoms with Gasteiger partial charge in [0.2, 0.25) is 5.91 Å². The molecule has 3 unspecified atom stereocenters. The van der Waals surface area contributed by atoms with Crippen LogP contribution in [0.3, 0.4) is 0 Å². The van der Waals surface area contributed by atoms with Crippen LogP contribution in [0.2, 0.25) is 0 Å². The second kappa shape index (κ2) is 10.2. The first-order chi connectivity index (χ1) is 11.9. The van der Waals surface area contributed by atoms with Crippen molar-refractivity contribution >= 4 is 30.7 Å². The van der Waals surface area contributed by atoms with Crippen LogP contribution in [0.25, 0.3) is 0 Å². The van der Waals surface area contributed by atoms with Gasteiger partial charge in [-0.1, -0.05) is 20.8 Å². The summed E-state index contributed by atoms with van der Waals surface area (Å²) < 4.78 is 43.6. The van der Waals surface area contributed by atoms with Crippen LogP contribution in [-0.2, 0) is 9.53 Å². The molecule has 10 heteroatoms. The Labute approximate surface area is 178 Å². The number of ether oxygens (including phenoxy) is 1. The first-order valence-corrected chi connectivity index (χ1v) is 9.43. The van der Waals surface area contributed by atoms with Gasteiger partial charge in [-0.05, 0) is 25.8 Å². The van der Waals surface area contributed by atoms with E-state index in [-0.39, 0.29) is 42.7 Å². The van der Waals surface area contributed by atoms with Crippen molar-refractivity contribution in [2.24, 2.45) is 17.1 Å². The molecule has 0 bridgehead atoms. The minimum atomic E-state index is -4.20. The van der Waals surface area contributed by atoms with Crippen molar-refractivity contribution in [2.45, 2.75) is 58.4 Å². The highest BCUT2D eigenvalue weighted by Gasteiger charge is 2.64. The lowest BCUT2D eigenvalue weighted by Gasteiger charge is -2.58. The van der Waals surface area contributed by atoms with Crippen molar-refractivity contribution in [3.63, 3.8) is 0 Å². The summed E-state index contributed by atoms with van der Waals surface area (Å²) in [6, 6.07) is 0. The number of nitrogens with zero attached hydrogens (tertiary/aromatic N) is 2. The fourth-order valence-electron chi connectivity index (χ4n) is 4.17. The molecular formula is C18H34Cl2F3N3O2. The Hall–Kier alpha value is -0.280. The summed E-state index contributed by atoms with van der Waals surface area (Å²) in [5.74, 6) is -0.0458. The molecule has 2 rings (SSSR count). The molecule has 0 aromatic heterocycles. The lowest BCUT2D eigenvalue weighted by Crippen LogP contribution is -2.75. The molecule has 1 aliphatic heterocycles. The molecule has 0 spiro atoms. The van der Waals surface area contributed by atoms with Gasteiger partial charge >= 0.3 is 6.18 Å². The van der Waals surface area contributed by atoms with Gasteiger partial charge in [-0.2, -0.15) is 13.2 Å². The maximum atomic E-state index is 13.0. The van der Waals surface area contributed by atoms with Crippen LogP contribution < -0.4 is 5.73 Å². The van der Waals surface area contributed by atoms with E-state index in [4.69, 9.17) is 10.5 Å². The lowest BCUT2D eigenvalue weighted by atomic mass is 9.54. The number of hydrogen-bond donors (Lipinski definition) is 1. The molecular weight excluding hydrogens is 418 g/mol. The number of likely N-dealkylation sites (tertiary alicyclic amines) is 1. The van der Waals surface area contributed by atoms with E-state index in [1.165, 1.54) is 4.90 Å². The number of rotatable bonds is 7. The molecule has 0 radical (unpaired) electrons. The van der Waals surface area contributed by atoms with E-state index in [1.807, 2.05) is 20.8 Å². The Morgan fingerprint density at radius 1 is 1.29 bits per heavy atom. The van der Waals surface area contributed by atoms with E-state index in [1.54, 1.807) is 11.8 Å². The number of carbonyl (C=O) groups excluding carboxylic acids is 1. The molecule has 1 aliphatic carbocycles. The summed E-state index contributed by atoms with van der Waals surface area (Å²) in [7, 11) is 0. The predicted octanol–water partition coefficient (Wildman–Crippen LogP) is 3.10. The molecule has 3 atom stereocenters. The quantitative estimate of drug-likeness (QED) is 0.645. The van der Waals surface area contributed by atoms with Gasteiger partial charge < -0.3 is 15.4 Å². The van der Waals surface area contributed by atoms with Gasteiger partial charge in [0.15, 0.2) is 0 Å². The molecule has 5 nitrogen and oxygen atoms in total. The first kappa shape index (κ1) is 27.7. The lowest BCUT2D eigenvalue weighted by molar-refractivity contribution is -0.178. The summed E-state index contributed by atoms with van der Waals surface area (Å²) in [6.07, 6.45) is -3.04. The third-order valence-corrected chi connectivity index (χ3v) is 6.15. The standard InChI is InChI=1S/C18H32F3N3O2.2ClH/c1-5-23(12-18(19,20)21)10-13-7-8-24(11-13)15(25)17(22)9-14(26-6-2)16(17,3)4;;/h13-14H,5-12,22H2,1-4H3;2*1H. The van der Waals surface area contributed by atoms with Crippen LogP contribution in [0.15, 0.2) is 0 Å². The van der Waals surface area contributed by atoms with Crippen LogP contribution in [0.4, 0.5) is 13.2 Å². The van der Waals surface area contributed by atoms with Gasteiger partial charge in [0, 0.05) is 38.1 Å². The highest BCUT2D eigenvalue weighted by molar-refractivity contribution is 5.89. The smallest absolute Gasteiger partial charge is 0.378 e. The minimum absolute atomic E-state index is 0. The molecule has 168 valence electrons. The topological polar surface area (TPSA) is 58.8 Å². The van der Waals surface area contributed by atoms with Crippen molar-refractivity contribution in [3.05, 3.63) is 0 Å². The van der Waals surface area contributed by atoms with Crippen LogP contribution in [0, 0.1) is 11.3 Å². The predicted molar refractivity (Wildman–Crippen MR) is 108 cm³/mol. The van der Waals surface area contributed by atoms with Crippen molar-refractivity contribution in [1.82, 2.24) is 9.80 Å². The summed E-state index contributed by atoms with van der Waals surface area (Å²) in [5.41, 5.74) is 5.04. The van der Waals surface area contributed by atoms with Gasteiger partial charge in [0.1, 0.15) is 5.54 Å². The molecule has 28 heavy (non-hydrogen) atoms. The van der Waals surface area contributed by atoms with Gasteiger partial charge in [-0.25, -0.2) is 0 Å². The number of halogens is 5. The maximum absolute atomic E-state index is 13.0. The highest BCUT2D eigenvalue weighted by Crippen LogP contribution is 2.50. The number of nitrogens with two attached hydrogens (primary N) is 1. The Bertz CT molecular complexity index is 523. The van der Waals surface area contributed by atoms with Crippen molar-refractivity contribution in [2.75, 3.05) is 39.3 Å². The van der Waals surface area contributed by atoms with Gasteiger partial charge in [0.05, 0.1) is 12.6 Å². The fourth-order valence-corrected chi connectivity index (χ4v) is 4.17. The van der Waals surface area contributed by atoms with Gasteiger partial charge in [0.25, 0.3) is 0 Å². The maximum Gasteiger partial charge on any atom is 0.401 e. The van der Waals surface area contributed by atoms with E-state index in [0.29, 0.717) is 45.6 Å². The molecule has 2 fully saturated rings. The Kier molecular flexibility index (Phi) is 10.1. The SMILES string of the molecule is CCOC1CC(N)(C(=O)N2CCC(CN(CC)CC(F)(F)F)C2)C1(C)C.Cl.Cl. The third kappa shape index (κ3) is 5.65. The Balaban J connectivity index is 0.00000364. The molecule has 0 aromatic rings. The monoisotopic (exact) mass is 451 g/mol. The third-order valence-electron chi connectivity index (χ3n) is 6.15. The van der Waals surface area contributed by atoms with Crippen molar-refractivity contribution < 1.29 is 22.7 Å². The number of amides is 1. The normalized spacial score (nSPS) is 29.1. The second-order valence-corrected chi connectivity index (χ2v) is 8.19. The molecule has 2 N–H and O–H groups in total. The molecule has 1 heterocycles. The van der Waals surface area contributed by atoms with Crippen LogP contribution in [0.5, 0.6) is 0 Å². The minimum Gasteiger partial charge on any atom is -0.378 e. The largest absolute Gasteiger partial charge is 0.401 e. The van der Waals surface area contributed by atoms with Crippen LogP contribution >= 0.6 is 24.8 Å². The van der Waals surface area contributed by atoms with Gasteiger partial charge in [-0.3, -0.25) is 9.69 Å². The van der Waals surface area contributed by atoms with Gasteiger partial charge in [-0.15, -0.1) is 24.8 Å². The van der Waals surface area contributed by atoms with E-state index in [2.05, 4.69) is 0 Å². The summed E-state index contributed by atoms with van der Waals surface area (Å²) in [6.45, 7) is 8.94. The van der Waals surface area contributed by atoms with E-state index in [9.17, 15) is 18.0 Å². The summed E-state index contributed by atoms with van der Waals surface area (Å²) >= 11 is 0. The highest BCUT2D eigenvalue weighted by atomic mass is 35.5. The molecule has 0 aromatic carbocycles. The molecule has 1 amide bonds. The second-order valence-electron chi connectivity index (χ2n) is 8.19. The molecule has 1 saturated carbocycles. The van der Waals surface area contributed by atoms with E-state index >= 15 is 0 Å². The van der Waals surface area contributed by atoms with Crippen molar-refractivity contribution in [1.29, 1.82) is 0 Å². The van der Waals surface area contributed by atoms with Crippen LogP contribution in [-0.4, -0.2) is 72.9 Å².